The quantitative estimate of drug-likeness (QED) is 0.743. The Morgan fingerprint density at radius 3 is 2.35 bits per heavy atom. The number of carbonyl (C=O) groups excluding carboxylic acids is 1. The van der Waals surface area contributed by atoms with Crippen molar-refractivity contribution >= 4 is 6.03 Å². The molecule has 0 saturated carbocycles. The zero-order valence-corrected chi connectivity index (χ0v) is 19.1. The Balaban J connectivity index is 1.59. The Morgan fingerprint density at radius 2 is 1.74 bits per heavy atom. The number of likely N-dealkylation sites (tertiary alicyclic amines) is 1. The summed E-state index contributed by atoms with van der Waals surface area (Å²) >= 11 is 0. The van der Waals surface area contributed by atoms with Crippen LogP contribution in [0.3, 0.4) is 0 Å². The van der Waals surface area contributed by atoms with Gasteiger partial charge in [0.15, 0.2) is 5.82 Å². The molecule has 2 unspecified atom stereocenters. The van der Waals surface area contributed by atoms with Gasteiger partial charge in [0, 0.05) is 37.5 Å². The van der Waals surface area contributed by atoms with Crippen LogP contribution in [0, 0.1) is 0 Å². The van der Waals surface area contributed by atoms with Gasteiger partial charge in [-0.1, -0.05) is 57.1 Å². The first-order chi connectivity index (χ1) is 14.8. The topological polar surface area (TPSA) is 71.7 Å². The van der Waals surface area contributed by atoms with E-state index in [0.717, 1.165) is 12.8 Å². The van der Waals surface area contributed by atoms with Gasteiger partial charge >= 0.3 is 6.03 Å². The van der Waals surface area contributed by atoms with E-state index in [-0.39, 0.29) is 23.3 Å². The van der Waals surface area contributed by atoms with Crippen LogP contribution in [0.1, 0.15) is 68.8 Å². The van der Waals surface area contributed by atoms with Crippen LogP contribution in [0.25, 0.3) is 0 Å². The number of aryl methyl sites for hydroxylation is 1. The molecule has 168 valence electrons. The second-order valence-corrected chi connectivity index (χ2v) is 9.72. The molecule has 2 amide bonds. The number of rotatable bonds is 3. The third-order valence-electron chi connectivity index (χ3n) is 6.32. The Morgan fingerprint density at radius 1 is 1.06 bits per heavy atom. The fraction of sp³-hybridized carbons (Fsp3) is 0.625. The molecule has 0 bridgehead atoms. The number of hydrogen-bond donors (Lipinski definition) is 0. The molecule has 3 heterocycles. The van der Waals surface area contributed by atoms with Gasteiger partial charge in [0.05, 0.1) is 19.1 Å². The predicted octanol–water partition coefficient (Wildman–Crippen LogP) is 3.95. The number of nitrogens with zero attached hydrogens (tertiary/aromatic N) is 4. The molecule has 2 aliphatic rings. The summed E-state index contributed by atoms with van der Waals surface area (Å²) in [5.74, 6) is 1.61. The fourth-order valence-corrected chi connectivity index (χ4v) is 4.36. The van der Waals surface area contributed by atoms with Gasteiger partial charge in [-0.25, -0.2) is 4.79 Å². The first kappa shape index (κ1) is 21.8. The highest BCUT2D eigenvalue weighted by atomic mass is 16.5. The minimum atomic E-state index is -0.172. The second kappa shape index (κ2) is 8.99. The largest absolute Gasteiger partial charge is 0.378 e. The number of ether oxygens (including phenoxy) is 1. The van der Waals surface area contributed by atoms with Crippen molar-refractivity contribution in [1.29, 1.82) is 0 Å². The third kappa shape index (κ3) is 4.92. The summed E-state index contributed by atoms with van der Waals surface area (Å²) in [5.41, 5.74) is 2.41. The van der Waals surface area contributed by atoms with E-state index in [2.05, 4.69) is 57.1 Å². The first-order valence-electron chi connectivity index (χ1n) is 11.4. The summed E-state index contributed by atoms with van der Waals surface area (Å²) in [4.78, 5) is 21.9. The standard InChI is InChI=1S/C24H34N4O3/c1-5-17-6-8-18(9-7-17)19-14-20(21-25-22(26-31-21)24(2,3)4)16-28(15-19)23(29)27-10-12-30-13-11-27/h6-9,19-20H,5,10-16H2,1-4H3. The predicted molar refractivity (Wildman–Crippen MR) is 118 cm³/mol. The summed E-state index contributed by atoms with van der Waals surface area (Å²) in [6.07, 6.45) is 1.91. The average molecular weight is 427 g/mol. The lowest BCUT2D eigenvalue weighted by molar-refractivity contribution is 0.0392. The van der Waals surface area contributed by atoms with E-state index in [0.29, 0.717) is 51.1 Å². The van der Waals surface area contributed by atoms with Gasteiger partial charge in [0.1, 0.15) is 0 Å². The fourth-order valence-electron chi connectivity index (χ4n) is 4.36. The molecule has 2 atom stereocenters. The average Bonchev–Trinajstić information content (AvgIpc) is 3.30. The van der Waals surface area contributed by atoms with Gasteiger partial charge in [-0.2, -0.15) is 4.98 Å². The molecule has 2 aliphatic heterocycles. The number of amides is 2. The lowest BCUT2D eigenvalue weighted by atomic mass is 9.84. The van der Waals surface area contributed by atoms with Crippen molar-refractivity contribution in [2.24, 2.45) is 0 Å². The van der Waals surface area contributed by atoms with Crippen molar-refractivity contribution in [3.63, 3.8) is 0 Å². The first-order valence-corrected chi connectivity index (χ1v) is 11.4. The van der Waals surface area contributed by atoms with E-state index in [9.17, 15) is 4.79 Å². The SMILES string of the molecule is CCc1ccc(C2CC(c3nc(C(C)(C)C)no3)CN(C(=O)N3CCOCC3)C2)cc1. The molecule has 2 fully saturated rings. The van der Waals surface area contributed by atoms with E-state index >= 15 is 0 Å². The third-order valence-corrected chi connectivity index (χ3v) is 6.32. The number of carbonyl (C=O) groups is 1. The zero-order valence-electron chi connectivity index (χ0n) is 19.1. The monoisotopic (exact) mass is 426 g/mol. The Kier molecular flexibility index (Phi) is 6.32. The zero-order chi connectivity index (χ0) is 22.0. The van der Waals surface area contributed by atoms with Gasteiger partial charge in [-0.05, 0) is 24.0 Å². The lowest BCUT2D eigenvalue weighted by Crippen LogP contribution is -2.52. The number of benzene rings is 1. The summed E-state index contributed by atoms with van der Waals surface area (Å²) in [6.45, 7) is 12.2. The molecule has 0 N–H and O–H groups in total. The maximum atomic E-state index is 13.3. The van der Waals surface area contributed by atoms with Gasteiger partial charge in [-0.15, -0.1) is 0 Å². The van der Waals surface area contributed by atoms with Crippen LogP contribution in [0.5, 0.6) is 0 Å². The maximum Gasteiger partial charge on any atom is 0.320 e. The number of hydrogen-bond acceptors (Lipinski definition) is 5. The number of urea groups is 1. The summed E-state index contributed by atoms with van der Waals surface area (Å²) in [6, 6.07) is 8.88. The Hall–Kier alpha value is -2.41. The molecule has 0 aliphatic carbocycles. The van der Waals surface area contributed by atoms with Crippen LogP contribution in [0.2, 0.25) is 0 Å². The number of piperidine rings is 1. The molecule has 1 aromatic heterocycles. The van der Waals surface area contributed by atoms with Crippen LogP contribution in [-0.4, -0.2) is 65.4 Å². The highest BCUT2D eigenvalue weighted by molar-refractivity contribution is 5.75. The van der Waals surface area contributed by atoms with Crippen LogP contribution in [0.15, 0.2) is 28.8 Å². The van der Waals surface area contributed by atoms with E-state index in [4.69, 9.17) is 14.2 Å². The van der Waals surface area contributed by atoms with Crippen LogP contribution >= 0.6 is 0 Å². The van der Waals surface area contributed by atoms with Gasteiger partial charge in [0.2, 0.25) is 5.89 Å². The normalized spacial score (nSPS) is 22.6. The lowest BCUT2D eigenvalue weighted by Gasteiger charge is -2.40. The van der Waals surface area contributed by atoms with E-state index < -0.39 is 0 Å². The molecular weight excluding hydrogens is 392 g/mol. The molecule has 31 heavy (non-hydrogen) atoms. The Bertz CT molecular complexity index is 881. The van der Waals surface area contributed by atoms with Crippen molar-refractivity contribution in [1.82, 2.24) is 19.9 Å². The molecular formula is C24H34N4O3. The highest BCUT2D eigenvalue weighted by Gasteiger charge is 2.37. The minimum absolute atomic E-state index is 0.0261. The van der Waals surface area contributed by atoms with Crippen molar-refractivity contribution in [3.8, 4) is 0 Å². The number of aromatic nitrogens is 2. The molecule has 0 radical (unpaired) electrons. The van der Waals surface area contributed by atoms with Crippen LogP contribution in [0.4, 0.5) is 4.79 Å². The maximum absolute atomic E-state index is 13.3. The number of morpholine rings is 1. The summed E-state index contributed by atoms with van der Waals surface area (Å²) in [7, 11) is 0. The molecule has 7 nitrogen and oxygen atoms in total. The van der Waals surface area contributed by atoms with E-state index in [1.54, 1.807) is 0 Å². The van der Waals surface area contributed by atoms with Crippen molar-refractivity contribution < 1.29 is 14.1 Å². The van der Waals surface area contributed by atoms with Gasteiger partial charge < -0.3 is 19.1 Å². The Labute approximate surface area is 184 Å². The molecule has 2 aromatic rings. The van der Waals surface area contributed by atoms with Crippen LogP contribution < -0.4 is 0 Å². The van der Waals surface area contributed by atoms with Crippen molar-refractivity contribution in [2.45, 2.75) is 57.8 Å². The molecule has 2 saturated heterocycles. The van der Waals surface area contributed by atoms with Crippen LogP contribution in [-0.2, 0) is 16.6 Å². The van der Waals surface area contributed by atoms with Crippen molar-refractivity contribution in [3.05, 3.63) is 47.1 Å². The molecule has 1 aromatic carbocycles. The van der Waals surface area contributed by atoms with Gasteiger partial charge in [0.25, 0.3) is 0 Å². The summed E-state index contributed by atoms with van der Waals surface area (Å²) < 4.78 is 11.1. The molecule has 0 spiro atoms. The second-order valence-electron chi connectivity index (χ2n) is 9.72. The highest BCUT2D eigenvalue weighted by Crippen LogP contribution is 2.36. The van der Waals surface area contributed by atoms with E-state index in [1.165, 1.54) is 11.1 Å². The molecule has 4 rings (SSSR count). The van der Waals surface area contributed by atoms with Crippen molar-refractivity contribution in [2.75, 3.05) is 39.4 Å². The van der Waals surface area contributed by atoms with E-state index in [1.807, 2.05) is 9.80 Å². The molecule has 7 heteroatoms. The van der Waals surface area contributed by atoms with Gasteiger partial charge in [-0.3, -0.25) is 0 Å². The minimum Gasteiger partial charge on any atom is -0.378 e. The smallest absolute Gasteiger partial charge is 0.320 e. The summed E-state index contributed by atoms with van der Waals surface area (Å²) in [5, 5.41) is 4.23.